The zero-order chi connectivity index (χ0) is 10.6. The minimum Gasteiger partial charge on any atom is -0.458 e. The van der Waals surface area contributed by atoms with E-state index in [0.29, 0.717) is 5.56 Å². The van der Waals surface area contributed by atoms with Gasteiger partial charge in [-0.2, -0.15) is 0 Å². The van der Waals surface area contributed by atoms with Crippen molar-refractivity contribution in [2.75, 3.05) is 6.61 Å². The largest absolute Gasteiger partial charge is 0.458 e. The van der Waals surface area contributed by atoms with Crippen LogP contribution >= 0.6 is 0 Å². The second kappa shape index (κ2) is 4.61. The zero-order valence-electron chi connectivity index (χ0n) is 8.54. The normalized spacial score (nSPS) is 9.57. The Kier molecular flexibility index (Phi) is 3.46. The molecule has 1 aromatic carbocycles. The van der Waals surface area contributed by atoms with Crippen molar-refractivity contribution < 1.29 is 9.53 Å². The van der Waals surface area contributed by atoms with E-state index >= 15 is 0 Å². The second-order valence-corrected chi connectivity index (χ2v) is 3.15. The molecule has 1 rings (SSSR count). The van der Waals surface area contributed by atoms with Crippen LogP contribution in [0, 0.1) is 13.8 Å². The molecule has 14 heavy (non-hydrogen) atoms. The molecule has 0 atom stereocenters. The summed E-state index contributed by atoms with van der Waals surface area (Å²) in [6, 6.07) is 5.73. The van der Waals surface area contributed by atoms with E-state index in [4.69, 9.17) is 4.74 Å². The molecule has 0 saturated carbocycles. The third-order valence-corrected chi connectivity index (χ3v) is 2.02. The number of ether oxygens (including phenoxy) is 1. The summed E-state index contributed by atoms with van der Waals surface area (Å²) < 4.78 is 4.98. The first kappa shape index (κ1) is 10.5. The lowest BCUT2D eigenvalue weighted by atomic mass is 10.0. The Hall–Kier alpha value is -1.57. The quantitative estimate of drug-likeness (QED) is 0.541. The van der Waals surface area contributed by atoms with Gasteiger partial charge in [0.2, 0.25) is 0 Å². The van der Waals surface area contributed by atoms with Gasteiger partial charge >= 0.3 is 5.97 Å². The first-order chi connectivity index (χ1) is 6.66. The van der Waals surface area contributed by atoms with E-state index in [0.717, 1.165) is 11.1 Å². The lowest BCUT2D eigenvalue weighted by Crippen LogP contribution is -2.08. The van der Waals surface area contributed by atoms with Crippen molar-refractivity contribution >= 4 is 5.97 Å². The molecule has 0 fully saturated rings. The first-order valence-electron chi connectivity index (χ1n) is 4.51. The maximum Gasteiger partial charge on any atom is 0.338 e. The third kappa shape index (κ3) is 2.22. The number of carbonyl (C=O) groups excluding carboxylic acids is 1. The lowest BCUT2D eigenvalue weighted by molar-refractivity contribution is 0.0548. The standard InChI is InChI=1S/C12H14O2/c1-4-8-14-12(13)11-9(2)6-5-7-10(11)3/h4-7H,1,8H2,2-3H3. The van der Waals surface area contributed by atoms with Crippen molar-refractivity contribution in [3.05, 3.63) is 47.5 Å². The predicted molar refractivity (Wildman–Crippen MR) is 56.4 cm³/mol. The van der Waals surface area contributed by atoms with Crippen LogP contribution in [0.25, 0.3) is 0 Å². The van der Waals surface area contributed by atoms with E-state index in [9.17, 15) is 4.79 Å². The van der Waals surface area contributed by atoms with Crippen molar-refractivity contribution in [3.8, 4) is 0 Å². The van der Waals surface area contributed by atoms with Gasteiger partial charge in [0.1, 0.15) is 6.61 Å². The molecule has 74 valence electrons. The topological polar surface area (TPSA) is 26.3 Å². The number of benzene rings is 1. The van der Waals surface area contributed by atoms with E-state index in [1.807, 2.05) is 32.0 Å². The molecule has 0 saturated heterocycles. The fraction of sp³-hybridized carbons (Fsp3) is 0.250. The minimum absolute atomic E-state index is 0.257. The molecule has 0 N–H and O–H groups in total. The van der Waals surface area contributed by atoms with Crippen LogP contribution in [0.2, 0.25) is 0 Å². The monoisotopic (exact) mass is 190 g/mol. The Labute approximate surface area is 84.2 Å². The van der Waals surface area contributed by atoms with Gasteiger partial charge in [-0.25, -0.2) is 4.79 Å². The average molecular weight is 190 g/mol. The molecule has 0 aromatic heterocycles. The Morgan fingerprint density at radius 3 is 2.50 bits per heavy atom. The molecule has 0 unspecified atom stereocenters. The highest BCUT2D eigenvalue weighted by atomic mass is 16.5. The maximum absolute atomic E-state index is 11.6. The highest BCUT2D eigenvalue weighted by Gasteiger charge is 2.11. The average Bonchev–Trinajstić information content (AvgIpc) is 2.14. The van der Waals surface area contributed by atoms with E-state index in [1.54, 1.807) is 6.08 Å². The molecule has 2 heteroatoms. The Morgan fingerprint density at radius 1 is 1.43 bits per heavy atom. The summed E-state index contributed by atoms with van der Waals surface area (Å²) in [7, 11) is 0. The molecule has 0 amide bonds. The van der Waals surface area contributed by atoms with Crippen molar-refractivity contribution in [3.63, 3.8) is 0 Å². The Morgan fingerprint density at radius 2 is 2.00 bits per heavy atom. The Bertz CT molecular complexity index is 333. The van der Waals surface area contributed by atoms with Crippen LogP contribution in [0.4, 0.5) is 0 Å². The van der Waals surface area contributed by atoms with Gasteiger partial charge in [-0.3, -0.25) is 0 Å². The molecule has 0 spiro atoms. The second-order valence-electron chi connectivity index (χ2n) is 3.15. The van der Waals surface area contributed by atoms with Gasteiger partial charge in [0, 0.05) is 0 Å². The van der Waals surface area contributed by atoms with E-state index < -0.39 is 0 Å². The smallest absolute Gasteiger partial charge is 0.338 e. The van der Waals surface area contributed by atoms with Gasteiger partial charge in [-0.05, 0) is 25.0 Å². The molecule has 0 aliphatic heterocycles. The third-order valence-electron chi connectivity index (χ3n) is 2.02. The van der Waals surface area contributed by atoms with Gasteiger partial charge in [0.05, 0.1) is 5.56 Å². The van der Waals surface area contributed by atoms with Crippen LogP contribution < -0.4 is 0 Å². The number of esters is 1. The van der Waals surface area contributed by atoms with Crippen LogP contribution in [-0.2, 0) is 4.74 Å². The molecule has 0 radical (unpaired) electrons. The number of hydrogen-bond acceptors (Lipinski definition) is 2. The van der Waals surface area contributed by atoms with E-state index in [1.165, 1.54) is 0 Å². The molecular formula is C12H14O2. The highest BCUT2D eigenvalue weighted by Crippen LogP contribution is 2.14. The molecule has 0 aliphatic rings. The molecule has 0 aliphatic carbocycles. The summed E-state index contributed by atoms with van der Waals surface area (Å²) in [6.45, 7) is 7.55. The van der Waals surface area contributed by atoms with Crippen LogP contribution in [0.5, 0.6) is 0 Å². The van der Waals surface area contributed by atoms with Crippen molar-refractivity contribution in [2.45, 2.75) is 13.8 Å². The molecule has 1 aromatic rings. The van der Waals surface area contributed by atoms with Crippen molar-refractivity contribution in [2.24, 2.45) is 0 Å². The fourth-order valence-corrected chi connectivity index (χ4v) is 1.34. The van der Waals surface area contributed by atoms with Crippen LogP contribution in [0.1, 0.15) is 21.5 Å². The predicted octanol–water partition coefficient (Wildman–Crippen LogP) is 2.65. The van der Waals surface area contributed by atoms with Crippen molar-refractivity contribution in [1.82, 2.24) is 0 Å². The van der Waals surface area contributed by atoms with Gasteiger partial charge in [0.15, 0.2) is 0 Å². The molecular weight excluding hydrogens is 176 g/mol. The summed E-state index contributed by atoms with van der Waals surface area (Å²) in [5.41, 5.74) is 2.55. The van der Waals surface area contributed by atoms with Gasteiger partial charge in [-0.1, -0.05) is 30.9 Å². The van der Waals surface area contributed by atoms with E-state index in [-0.39, 0.29) is 12.6 Å². The van der Waals surface area contributed by atoms with Crippen LogP contribution in [0.3, 0.4) is 0 Å². The summed E-state index contributed by atoms with van der Waals surface area (Å²) in [5.74, 6) is -0.277. The number of hydrogen-bond donors (Lipinski definition) is 0. The summed E-state index contributed by atoms with van der Waals surface area (Å²) in [5, 5.41) is 0. The van der Waals surface area contributed by atoms with Crippen LogP contribution in [0.15, 0.2) is 30.9 Å². The molecule has 2 nitrogen and oxygen atoms in total. The lowest BCUT2D eigenvalue weighted by Gasteiger charge is -2.07. The first-order valence-corrected chi connectivity index (χ1v) is 4.51. The summed E-state index contributed by atoms with van der Waals surface area (Å²) in [6.07, 6.45) is 1.56. The van der Waals surface area contributed by atoms with Gasteiger partial charge in [0.25, 0.3) is 0 Å². The Balaban J connectivity index is 2.94. The van der Waals surface area contributed by atoms with Crippen LogP contribution in [-0.4, -0.2) is 12.6 Å². The zero-order valence-corrected chi connectivity index (χ0v) is 8.54. The molecule has 0 heterocycles. The van der Waals surface area contributed by atoms with Gasteiger partial charge < -0.3 is 4.74 Å². The summed E-state index contributed by atoms with van der Waals surface area (Å²) >= 11 is 0. The maximum atomic E-state index is 11.6. The SMILES string of the molecule is C=CCOC(=O)c1c(C)cccc1C. The number of rotatable bonds is 3. The summed E-state index contributed by atoms with van der Waals surface area (Å²) in [4.78, 5) is 11.6. The number of carbonyl (C=O) groups is 1. The fourth-order valence-electron chi connectivity index (χ4n) is 1.34. The number of aryl methyl sites for hydroxylation is 2. The highest BCUT2D eigenvalue weighted by molar-refractivity contribution is 5.92. The van der Waals surface area contributed by atoms with Gasteiger partial charge in [-0.15, -0.1) is 0 Å². The minimum atomic E-state index is -0.277. The van der Waals surface area contributed by atoms with E-state index in [2.05, 4.69) is 6.58 Å². The van der Waals surface area contributed by atoms with Crippen molar-refractivity contribution in [1.29, 1.82) is 0 Å². The molecule has 0 bridgehead atoms.